The van der Waals surface area contributed by atoms with E-state index in [9.17, 15) is 4.79 Å². The molecule has 0 saturated carbocycles. The van der Waals surface area contributed by atoms with Gasteiger partial charge in [-0.1, -0.05) is 0 Å². The van der Waals surface area contributed by atoms with E-state index in [-0.39, 0.29) is 11.8 Å². The highest BCUT2D eigenvalue weighted by Gasteiger charge is 2.31. The van der Waals surface area contributed by atoms with Crippen molar-refractivity contribution in [3.63, 3.8) is 0 Å². The number of nitrogens with zero attached hydrogens (tertiary/aromatic N) is 3. The van der Waals surface area contributed by atoms with Gasteiger partial charge in [0.1, 0.15) is 6.33 Å². The first kappa shape index (κ1) is 10.5. The van der Waals surface area contributed by atoms with Gasteiger partial charge in [0.15, 0.2) is 5.82 Å². The minimum absolute atomic E-state index is 0.0739. The van der Waals surface area contributed by atoms with E-state index in [1.807, 2.05) is 0 Å². The average Bonchev–Trinajstić information content (AvgIpc) is 2.60. The van der Waals surface area contributed by atoms with E-state index in [1.165, 1.54) is 6.33 Å². The third-order valence-corrected chi connectivity index (χ3v) is 3.00. The zero-order valence-electron chi connectivity index (χ0n) is 8.06. The predicted molar refractivity (Wildman–Crippen MR) is 59.2 cm³/mol. The molecule has 0 spiro atoms. The van der Waals surface area contributed by atoms with Crippen LogP contribution in [0.15, 0.2) is 17.0 Å². The largest absolute Gasteiger partial charge is 0.330 e. The van der Waals surface area contributed by atoms with Crippen LogP contribution in [0.1, 0.15) is 6.42 Å². The molecule has 1 unspecified atom stereocenters. The summed E-state index contributed by atoms with van der Waals surface area (Å²) in [6.07, 6.45) is 3.57. The first-order valence-electron chi connectivity index (χ1n) is 4.68. The molecule has 0 aliphatic carbocycles. The molecule has 1 aromatic heterocycles. The molecular formula is C9H11BrN4O. The van der Waals surface area contributed by atoms with Crippen molar-refractivity contribution in [2.45, 2.75) is 6.42 Å². The molecule has 0 aromatic carbocycles. The van der Waals surface area contributed by atoms with E-state index in [0.29, 0.717) is 25.3 Å². The van der Waals surface area contributed by atoms with Gasteiger partial charge < -0.3 is 5.73 Å². The molecule has 2 rings (SSSR count). The topological polar surface area (TPSA) is 72.1 Å². The van der Waals surface area contributed by atoms with Gasteiger partial charge in [0.2, 0.25) is 5.91 Å². The molecule has 1 fully saturated rings. The Bertz CT molecular complexity index is 384. The Morgan fingerprint density at radius 2 is 2.47 bits per heavy atom. The summed E-state index contributed by atoms with van der Waals surface area (Å²) in [4.78, 5) is 21.3. The standard InChI is InChI=1S/C9H11BrN4O/c10-7-3-12-5-13-9(7)14-4-6(2-11)1-8(14)15/h3,5-6H,1-2,4,11H2. The number of amides is 1. The molecule has 1 saturated heterocycles. The molecule has 5 nitrogen and oxygen atoms in total. The fraction of sp³-hybridized carbons (Fsp3) is 0.444. The number of hydrogen-bond acceptors (Lipinski definition) is 4. The Labute approximate surface area is 95.8 Å². The van der Waals surface area contributed by atoms with Gasteiger partial charge in [0.05, 0.1) is 4.47 Å². The van der Waals surface area contributed by atoms with Gasteiger partial charge in [-0.2, -0.15) is 0 Å². The van der Waals surface area contributed by atoms with E-state index in [4.69, 9.17) is 5.73 Å². The summed E-state index contributed by atoms with van der Waals surface area (Å²) < 4.78 is 0.732. The van der Waals surface area contributed by atoms with Crippen LogP contribution in [0, 0.1) is 5.92 Å². The van der Waals surface area contributed by atoms with Crippen molar-refractivity contribution in [2.24, 2.45) is 11.7 Å². The van der Waals surface area contributed by atoms with Crippen LogP contribution >= 0.6 is 15.9 Å². The highest BCUT2D eigenvalue weighted by molar-refractivity contribution is 9.10. The van der Waals surface area contributed by atoms with Crippen molar-refractivity contribution < 1.29 is 4.79 Å². The molecule has 2 N–H and O–H groups in total. The molecule has 0 bridgehead atoms. The third kappa shape index (κ3) is 2.00. The number of anilines is 1. The quantitative estimate of drug-likeness (QED) is 0.852. The van der Waals surface area contributed by atoms with Gasteiger partial charge in [-0.25, -0.2) is 9.97 Å². The number of halogens is 1. The smallest absolute Gasteiger partial charge is 0.228 e. The van der Waals surface area contributed by atoms with Gasteiger partial charge in [0.25, 0.3) is 0 Å². The van der Waals surface area contributed by atoms with Crippen molar-refractivity contribution in [3.05, 3.63) is 17.0 Å². The summed E-state index contributed by atoms with van der Waals surface area (Å²) in [5, 5.41) is 0. The summed E-state index contributed by atoms with van der Waals surface area (Å²) in [7, 11) is 0. The minimum Gasteiger partial charge on any atom is -0.330 e. The lowest BCUT2D eigenvalue weighted by Gasteiger charge is -2.15. The summed E-state index contributed by atoms with van der Waals surface area (Å²) in [5.74, 6) is 0.940. The molecular weight excluding hydrogens is 260 g/mol. The lowest BCUT2D eigenvalue weighted by Crippen LogP contribution is -2.27. The maximum absolute atomic E-state index is 11.7. The lowest BCUT2D eigenvalue weighted by molar-refractivity contribution is -0.117. The SMILES string of the molecule is NCC1CC(=O)N(c2ncncc2Br)C1. The molecule has 1 aliphatic rings. The van der Waals surface area contributed by atoms with Crippen LogP contribution in [0.4, 0.5) is 5.82 Å². The van der Waals surface area contributed by atoms with Crippen LogP contribution in [-0.4, -0.2) is 29.0 Å². The molecule has 1 aromatic rings. The van der Waals surface area contributed by atoms with Crippen molar-refractivity contribution >= 4 is 27.7 Å². The monoisotopic (exact) mass is 270 g/mol. The molecule has 80 valence electrons. The molecule has 1 aliphatic heterocycles. The maximum atomic E-state index is 11.7. The van der Waals surface area contributed by atoms with Gasteiger partial charge in [-0.3, -0.25) is 9.69 Å². The number of aromatic nitrogens is 2. The summed E-state index contributed by atoms with van der Waals surface area (Å²) in [6.45, 7) is 1.18. The number of hydrogen-bond donors (Lipinski definition) is 1. The normalized spacial score (nSPS) is 21.1. The van der Waals surface area contributed by atoms with Crippen LogP contribution in [0.2, 0.25) is 0 Å². The summed E-state index contributed by atoms with van der Waals surface area (Å²) in [5.41, 5.74) is 5.55. The van der Waals surface area contributed by atoms with Crippen LogP contribution in [0.3, 0.4) is 0 Å². The lowest BCUT2D eigenvalue weighted by atomic mass is 10.1. The first-order chi connectivity index (χ1) is 7.22. The fourth-order valence-corrected chi connectivity index (χ4v) is 2.08. The minimum atomic E-state index is 0.0739. The average molecular weight is 271 g/mol. The third-order valence-electron chi connectivity index (χ3n) is 2.44. The van der Waals surface area contributed by atoms with Crippen molar-refractivity contribution in [2.75, 3.05) is 18.0 Å². The number of carbonyl (C=O) groups excluding carboxylic acids is 1. The molecule has 1 atom stereocenters. The van der Waals surface area contributed by atoms with E-state index < -0.39 is 0 Å². The van der Waals surface area contributed by atoms with Crippen LogP contribution in [0.5, 0.6) is 0 Å². The van der Waals surface area contributed by atoms with E-state index in [1.54, 1.807) is 11.1 Å². The predicted octanol–water partition coefficient (Wildman–Crippen LogP) is 0.551. The Hall–Kier alpha value is -1.01. The molecule has 6 heteroatoms. The Balaban J connectivity index is 2.25. The second kappa shape index (κ2) is 4.24. The van der Waals surface area contributed by atoms with Crippen molar-refractivity contribution in [1.82, 2.24) is 9.97 Å². The molecule has 2 heterocycles. The van der Waals surface area contributed by atoms with E-state index in [0.717, 1.165) is 4.47 Å². The molecule has 0 radical (unpaired) electrons. The zero-order valence-corrected chi connectivity index (χ0v) is 9.64. The van der Waals surface area contributed by atoms with Gasteiger partial charge in [-0.05, 0) is 28.4 Å². The van der Waals surface area contributed by atoms with Crippen LogP contribution in [0.25, 0.3) is 0 Å². The highest BCUT2D eigenvalue weighted by atomic mass is 79.9. The first-order valence-corrected chi connectivity index (χ1v) is 5.47. The van der Waals surface area contributed by atoms with Crippen molar-refractivity contribution in [3.8, 4) is 0 Å². The number of rotatable bonds is 2. The number of carbonyl (C=O) groups is 1. The Kier molecular flexibility index (Phi) is 2.97. The molecule has 1 amide bonds. The van der Waals surface area contributed by atoms with E-state index in [2.05, 4.69) is 25.9 Å². The molecule has 15 heavy (non-hydrogen) atoms. The second-order valence-corrected chi connectivity index (χ2v) is 4.36. The van der Waals surface area contributed by atoms with Gasteiger partial charge in [-0.15, -0.1) is 0 Å². The Morgan fingerprint density at radius 1 is 1.67 bits per heavy atom. The van der Waals surface area contributed by atoms with Crippen molar-refractivity contribution in [1.29, 1.82) is 0 Å². The van der Waals surface area contributed by atoms with E-state index >= 15 is 0 Å². The number of nitrogens with two attached hydrogens (primary N) is 1. The fourth-order valence-electron chi connectivity index (χ4n) is 1.65. The van der Waals surface area contributed by atoms with Gasteiger partial charge in [0, 0.05) is 19.2 Å². The van der Waals surface area contributed by atoms with Crippen LogP contribution < -0.4 is 10.6 Å². The zero-order chi connectivity index (χ0) is 10.8. The van der Waals surface area contributed by atoms with Gasteiger partial charge >= 0.3 is 0 Å². The summed E-state index contributed by atoms with van der Waals surface area (Å²) in [6, 6.07) is 0. The maximum Gasteiger partial charge on any atom is 0.228 e. The highest BCUT2D eigenvalue weighted by Crippen LogP contribution is 2.28. The summed E-state index contributed by atoms with van der Waals surface area (Å²) >= 11 is 3.33. The van der Waals surface area contributed by atoms with Crippen LogP contribution in [-0.2, 0) is 4.79 Å². The Morgan fingerprint density at radius 3 is 3.07 bits per heavy atom. The second-order valence-electron chi connectivity index (χ2n) is 3.50.